The van der Waals surface area contributed by atoms with Crippen LogP contribution in [0.15, 0.2) is 47.3 Å². The van der Waals surface area contributed by atoms with Gasteiger partial charge in [0, 0.05) is 16.0 Å². The van der Waals surface area contributed by atoms with E-state index in [9.17, 15) is 14.4 Å². The number of hydrogen-bond donors (Lipinski definition) is 3. The minimum absolute atomic E-state index is 0.143. The molecule has 1 aromatic carbocycles. The monoisotopic (exact) mass is 390 g/mol. The van der Waals surface area contributed by atoms with Gasteiger partial charge >= 0.3 is 5.97 Å². The molecule has 1 amide bonds. The minimum atomic E-state index is -1.04. The number of carbonyl (C=O) groups is 2. The summed E-state index contributed by atoms with van der Waals surface area (Å²) in [5.74, 6) is -1.47. The summed E-state index contributed by atoms with van der Waals surface area (Å²) in [6.07, 6.45) is -0.411. The number of carboxylic acids is 1. The number of halogens is 1. The summed E-state index contributed by atoms with van der Waals surface area (Å²) in [4.78, 5) is 39.0. The maximum absolute atomic E-state index is 12.4. The van der Waals surface area contributed by atoms with Crippen LogP contribution in [0.3, 0.4) is 0 Å². The van der Waals surface area contributed by atoms with E-state index >= 15 is 0 Å². The van der Waals surface area contributed by atoms with Gasteiger partial charge in [-0.2, -0.15) is 0 Å². The minimum Gasteiger partial charge on any atom is -0.481 e. The lowest BCUT2D eigenvalue weighted by Gasteiger charge is -2.15. The molecular formula is C18H15ClN2O4S. The van der Waals surface area contributed by atoms with Crippen molar-refractivity contribution in [3.05, 3.63) is 67.6 Å². The Hall–Kier alpha value is -2.64. The van der Waals surface area contributed by atoms with Crippen molar-refractivity contribution < 1.29 is 14.7 Å². The van der Waals surface area contributed by atoms with Crippen LogP contribution in [0.2, 0.25) is 4.34 Å². The van der Waals surface area contributed by atoms with Crippen molar-refractivity contribution in [3.8, 4) is 0 Å². The highest BCUT2D eigenvalue weighted by atomic mass is 35.5. The van der Waals surface area contributed by atoms with E-state index in [1.165, 1.54) is 11.3 Å². The van der Waals surface area contributed by atoms with Crippen LogP contribution in [-0.2, 0) is 16.0 Å². The van der Waals surface area contributed by atoms with Gasteiger partial charge in [-0.3, -0.25) is 14.4 Å². The molecular weight excluding hydrogens is 376 g/mol. The molecule has 0 aliphatic carbocycles. The van der Waals surface area contributed by atoms with Crippen LogP contribution in [0.1, 0.15) is 22.9 Å². The number of carboxylic acid groups (broad SMARTS) is 1. The maximum Gasteiger partial charge on any atom is 0.305 e. The molecule has 0 spiro atoms. The molecule has 0 bridgehead atoms. The fourth-order valence-corrected chi connectivity index (χ4v) is 3.77. The number of para-hydroxylation sites is 1. The largest absolute Gasteiger partial charge is 0.481 e. The van der Waals surface area contributed by atoms with E-state index in [-0.39, 0.29) is 18.4 Å². The molecule has 0 fully saturated rings. The molecule has 2 aromatic heterocycles. The fourth-order valence-electron chi connectivity index (χ4n) is 2.66. The second-order valence-electron chi connectivity index (χ2n) is 5.75. The Morgan fingerprint density at radius 2 is 2.00 bits per heavy atom. The number of aliphatic carboxylic acids is 1. The standard InChI is InChI=1S/C18H15ClN2O4S/c19-15-6-5-14(26-15)13(9-17(23)24)20-16(22)8-11-7-10-3-1-2-4-12(10)21-18(11)25/h1-7,13H,8-9H2,(H,20,22)(H,21,25)(H,23,24). The van der Waals surface area contributed by atoms with E-state index < -0.39 is 17.9 Å². The summed E-state index contributed by atoms with van der Waals surface area (Å²) in [5.41, 5.74) is 0.672. The second kappa shape index (κ2) is 7.72. The Balaban J connectivity index is 1.79. The number of aromatic amines is 1. The van der Waals surface area contributed by atoms with E-state index in [1.807, 2.05) is 18.2 Å². The quantitative estimate of drug-likeness (QED) is 0.602. The van der Waals surface area contributed by atoms with Crippen LogP contribution in [0.25, 0.3) is 10.9 Å². The zero-order valence-electron chi connectivity index (χ0n) is 13.5. The molecule has 0 saturated carbocycles. The number of benzene rings is 1. The van der Waals surface area contributed by atoms with Gasteiger partial charge < -0.3 is 15.4 Å². The van der Waals surface area contributed by atoms with Gasteiger partial charge in [0.05, 0.1) is 23.2 Å². The third-order valence-electron chi connectivity index (χ3n) is 3.83. The Bertz CT molecular complexity index is 1030. The van der Waals surface area contributed by atoms with Crippen molar-refractivity contribution in [3.63, 3.8) is 0 Å². The normalized spacial score (nSPS) is 12.0. The molecule has 6 nitrogen and oxygen atoms in total. The number of H-pyrrole nitrogens is 1. The average Bonchev–Trinajstić information content (AvgIpc) is 3.01. The number of rotatable bonds is 6. The summed E-state index contributed by atoms with van der Waals surface area (Å²) in [5, 5.41) is 12.6. The molecule has 0 radical (unpaired) electrons. The first-order chi connectivity index (χ1) is 12.4. The molecule has 3 N–H and O–H groups in total. The number of aromatic nitrogens is 1. The fraction of sp³-hybridized carbons (Fsp3) is 0.167. The maximum atomic E-state index is 12.4. The van der Waals surface area contributed by atoms with Gasteiger partial charge in [0.25, 0.3) is 5.56 Å². The lowest BCUT2D eigenvalue weighted by molar-refractivity contribution is -0.137. The predicted octanol–water partition coefficient (Wildman–Crippen LogP) is 3.12. The number of carbonyl (C=O) groups excluding carboxylic acids is 1. The van der Waals surface area contributed by atoms with Gasteiger partial charge in [-0.25, -0.2) is 0 Å². The van der Waals surface area contributed by atoms with Crippen molar-refractivity contribution in [1.29, 1.82) is 0 Å². The first-order valence-corrected chi connectivity index (χ1v) is 8.99. The summed E-state index contributed by atoms with van der Waals surface area (Å²) in [6.45, 7) is 0. The van der Waals surface area contributed by atoms with E-state index in [2.05, 4.69) is 10.3 Å². The van der Waals surface area contributed by atoms with Gasteiger partial charge in [0.15, 0.2) is 0 Å². The molecule has 0 aliphatic rings. The number of nitrogens with one attached hydrogen (secondary N) is 2. The van der Waals surface area contributed by atoms with E-state index in [4.69, 9.17) is 16.7 Å². The molecule has 134 valence electrons. The molecule has 1 unspecified atom stereocenters. The summed E-state index contributed by atoms with van der Waals surface area (Å²) in [7, 11) is 0. The van der Waals surface area contributed by atoms with Crippen LogP contribution >= 0.6 is 22.9 Å². The highest BCUT2D eigenvalue weighted by Crippen LogP contribution is 2.28. The second-order valence-corrected chi connectivity index (χ2v) is 7.49. The van der Waals surface area contributed by atoms with Gasteiger partial charge in [0.1, 0.15) is 0 Å². The number of amides is 1. The smallest absolute Gasteiger partial charge is 0.305 e. The van der Waals surface area contributed by atoms with Crippen molar-refractivity contribution in [2.45, 2.75) is 18.9 Å². The van der Waals surface area contributed by atoms with E-state index in [1.54, 1.807) is 24.3 Å². The molecule has 0 saturated heterocycles. The third kappa shape index (κ3) is 4.30. The van der Waals surface area contributed by atoms with Crippen molar-refractivity contribution in [1.82, 2.24) is 10.3 Å². The first kappa shape index (κ1) is 18.2. The molecule has 1 atom stereocenters. The molecule has 3 aromatic rings. The Morgan fingerprint density at radius 3 is 2.69 bits per heavy atom. The highest BCUT2D eigenvalue weighted by Gasteiger charge is 2.20. The summed E-state index contributed by atoms with van der Waals surface area (Å²) in [6, 6.07) is 11.6. The molecule has 26 heavy (non-hydrogen) atoms. The first-order valence-electron chi connectivity index (χ1n) is 7.79. The van der Waals surface area contributed by atoms with Gasteiger partial charge in [-0.05, 0) is 29.7 Å². The topological polar surface area (TPSA) is 99.3 Å². The molecule has 8 heteroatoms. The van der Waals surface area contributed by atoms with Crippen molar-refractivity contribution in [2.24, 2.45) is 0 Å². The van der Waals surface area contributed by atoms with Crippen LogP contribution in [-0.4, -0.2) is 22.0 Å². The lowest BCUT2D eigenvalue weighted by Crippen LogP contribution is -2.32. The van der Waals surface area contributed by atoms with Gasteiger partial charge in [-0.15, -0.1) is 11.3 Å². The average molecular weight is 391 g/mol. The van der Waals surface area contributed by atoms with Crippen LogP contribution < -0.4 is 10.9 Å². The van der Waals surface area contributed by atoms with E-state index in [0.717, 1.165) is 5.39 Å². The Labute approximate surface area is 157 Å². The lowest BCUT2D eigenvalue weighted by atomic mass is 10.1. The van der Waals surface area contributed by atoms with Gasteiger partial charge in [-0.1, -0.05) is 29.8 Å². The van der Waals surface area contributed by atoms with Crippen molar-refractivity contribution in [2.75, 3.05) is 0 Å². The Kier molecular flexibility index (Phi) is 5.39. The number of fused-ring (bicyclic) bond motifs is 1. The summed E-state index contributed by atoms with van der Waals surface area (Å²) >= 11 is 7.11. The van der Waals surface area contributed by atoms with Gasteiger partial charge in [0.2, 0.25) is 5.91 Å². The van der Waals surface area contributed by atoms with Crippen LogP contribution in [0.5, 0.6) is 0 Å². The predicted molar refractivity (Wildman–Crippen MR) is 101 cm³/mol. The zero-order valence-corrected chi connectivity index (χ0v) is 15.1. The van der Waals surface area contributed by atoms with Crippen molar-refractivity contribution >= 4 is 45.7 Å². The number of pyridine rings is 1. The molecule has 3 rings (SSSR count). The van der Waals surface area contributed by atoms with E-state index in [0.29, 0.717) is 20.3 Å². The number of hydrogen-bond acceptors (Lipinski definition) is 4. The number of thiophene rings is 1. The summed E-state index contributed by atoms with van der Waals surface area (Å²) < 4.78 is 0.510. The highest BCUT2D eigenvalue weighted by molar-refractivity contribution is 7.16. The SMILES string of the molecule is O=C(O)CC(NC(=O)Cc1cc2ccccc2[nH]c1=O)c1ccc(Cl)s1. The van der Waals surface area contributed by atoms with Crippen LogP contribution in [0.4, 0.5) is 0 Å². The molecule has 2 heterocycles. The zero-order chi connectivity index (χ0) is 18.7. The molecule has 0 aliphatic heterocycles. The van der Waals surface area contributed by atoms with Crippen LogP contribution in [0, 0.1) is 0 Å². The third-order valence-corrected chi connectivity index (χ3v) is 5.18. The Morgan fingerprint density at radius 1 is 1.23 bits per heavy atom.